The minimum Gasteiger partial charge on any atom is -0.497 e. The van der Waals surface area contributed by atoms with Gasteiger partial charge in [0.25, 0.3) is 0 Å². The van der Waals surface area contributed by atoms with Gasteiger partial charge in [0.2, 0.25) is 0 Å². The van der Waals surface area contributed by atoms with Crippen LogP contribution < -0.4 is 15.1 Å². The lowest BCUT2D eigenvalue weighted by molar-refractivity contribution is 0.122. The molecule has 0 atom stereocenters. The predicted octanol–water partition coefficient (Wildman–Crippen LogP) is 7.34. The van der Waals surface area contributed by atoms with Gasteiger partial charge in [-0.1, -0.05) is 31.2 Å². The van der Waals surface area contributed by atoms with Crippen molar-refractivity contribution in [2.45, 2.75) is 46.1 Å². The molecule has 0 unspecified atom stereocenters. The minimum absolute atomic E-state index is 0.258. The first-order valence-electron chi connectivity index (χ1n) is 15.5. The zero-order valence-corrected chi connectivity index (χ0v) is 27.3. The number of halogens is 2. The number of hydrogen-bond acceptors (Lipinski definition) is 6. The molecule has 0 amide bonds. The van der Waals surface area contributed by atoms with Crippen molar-refractivity contribution in [3.05, 3.63) is 111 Å². The number of fused-ring (bicyclic) bond motifs is 1. The summed E-state index contributed by atoms with van der Waals surface area (Å²) in [5, 5.41) is 0.258. The van der Waals surface area contributed by atoms with E-state index in [1.807, 2.05) is 67.6 Å². The van der Waals surface area contributed by atoms with Crippen LogP contribution >= 0.6 is 0 Å². The number of hydrogen-bond donors (Lipinski definition) is 0. The molecule has 0 aliphatic carbocycles. The van der Waals surface area contributed by atoms with E-state index in [0.717, 1.165) is 22.4 Å². The van der Waals surface area contributed by atoms with Crippen molar-refractivity contribution in [1.82, 2.24) is 4.57 Å². The molecule has 0 spiro atoms. The first-order valence-corrected chi connectivity index (χ1v) is 15.5. The van der Waals surface area contributed by atoms with E-state index in [0.29, 0.717) is 67.6 Å². The Balaban J connectivity index is 1.73. The first-order chi connectivity index (χ1) is 22.1. The predicted molar refractivity (Wildman–Crippen MR) is 180 cm³/mol. The molecule has 242 valence electrons. The van der Waals surface area contributed by atoms with E-state index in [2.05, 4.69) is 0 Å². The first kappa shape index (κ1) is 32.9. The summed E-state index contributed by atoms with van der Waals surface area (Å²) in [5.41, 5.74) is 3.42. The molecule has 0 N–H and O–H groups in total. The Hall–Kier alpha value is -4.50. The van der Waals surface area contributed by atoms with Crippen molar-refractivity contribution in [2.75, 3.05) is 45.4 Å². The molecular formula is C37H41F2N3O4. The summed E-state index contributed by atoms with van der Waals surface area (Å²) in [6, 6.07) is 17.0. The van der Waals surface area contributed by atoms with Crippen LogP contribution in [0.2, 0.25) is 0 Å². The van der Waals surface area contributed by atoms with Gasteiger partial charge in [0.05, 0.1) is 55.3 Å². The fourth-order valence-corrected chi connectivity index (χ4v) is 5.76. The third-order valence-corrected chi connectivity index (χ3v) is 8.71. The highest BCUT2D eigenvalue weighted by molar-refractivity contribution is 5.93. The van der Waals surface area contributed by atoms with Crippen LogP contribution in [0.5, 0.6) is 5.75 Å². The summed E-state index contributed by atoms with van der Waals surface area (Å²) in [7, 11) is 3.15. The van der Waals surface area contributed by atoms with Crippen LogP contribution in [0.1, 0.15) is 50.8 Å². The van der Waals surface area contributed by atoms with E-state index < -0.39 is 11.2 Å². The number of allylic oxidation sites excluding steroid dienone is 1. The SMILES string of the molecule is CCC(C)=C(N=C(OC)C(C)(C)c1ccc(F)cc1)c1cn(Cc2ccc(OC)cc2)c2cc(N3CCOCC3)c(F)cc2c1=O. The Morgan fingerprint density at radius 1 is 1.00 bits per heavy atom. The van der Waals surface area contributed by atoms with Crippen molar-refractivity contribution in [1.29, 1.82) is 0 Å². The monoisotopic (exact) mass is 629 g/mol. The van der Waals surface area contributed by atoms with Crippen LogP contribution in [0.25, 0.3) is 16.6 Å². The molecule has 1 aliphatic rings. The van der Waals surface area contributed by atoms with Crippen molar-refractivity contribution >= 4 is 28.2 Å². The molecule has 0 radical (unpaired) electrons. The number of pyridine rings is 1. The number of morpholine rings is 1. The zero-order valence-electron chi connectivity index (χ0n) is 27.3. The fraction of sp³-hybridized carbons (Fsp3) is 0.351. The van der Waals surface area contributed by atoms with E-state index in [-0.39, 0.29) is 16.6 Å². The topological polar surface area (TPSA) is 65.3 Å². The van der Waals surface area contributed by atoms with Crippen LogP contribution in [0.3, 0.4) is 0 Å². The number of benzene rings is 3. The molecule has 5 rings (SSSR count). The summed E-state index contributed by atoms with van der Waals surface area (Å²) >= 11 is 0. The number of methoxy groups -OCH3 is 2. The van der Waals surface area contributed by atoms with Gasteiger partial charge in [-0.05, 0) is 80.3 Å². The van der Waals surface area contributed by atoms with Crippen LogP contribution in [-0.2, 0) is 21.4 Å². The fourth-order valence-electron chi connectivity index (χ4n) is 5.76. The molecule has 1 aliphatic heterocycles. The van der Waals surface area contributed by atoms with Crippen LogP contribution in [-0.4, -0.2) is 51.0 Å². The quantitative estimate of drug-likeness (QED) is 0.143. The van der Waals surface area contributed by atoms with Gasteiger partial charge in [-0.15, -0.1) is 0 Å². The second kappa shape index (κ2) is 13.9. The number of aromatic nitrogens is 1. The Bertz CT molecular complexity index is 1820. The highest BCUT2D eigenvalue weighted by Gasteiger charge is 2.30. The zero-order chi connectivity index (χ0) is 33.0. The standard InChI is InChI=1S/C37H41F2N3O4/c1-7-24(2)34(40-36(45-6)37(3,4)26-10-12-27(38)13-11-26)30-23-42(22-25-8-14-28(44-5)15-9-25)32-21-33(41-16-18-46-19-17-41)31(39)20-29(32)35(30)43/h8-15,20-21,23H,7,16-19,22H2,1-6H3. The summed E-state index contributed by atoms with van der Waals surface area (Å²) in [6.45, 7) is 10.3. The molecule has 2 heterocycles. The maximum absolute atomic E-state index is 15.8. The molecule has 3 aromatic carbocycles. The highest BCUT2D eigenvalue weighted by atomic mass is 19.1. The second-order valence-corrected chi connectivity index (χ2v) is 12.0. The number of nitrogens with zero attached hydrogens (tertiary/aromatic N) is 3. The molecule has 1 aromatic heterocycles. The van der Waals surface area contributed by atoms with Gasteiger partial charge < -0.3 is 23.7 Å². The number of rotatable bonds is 9. The van der Waals surface area contributed by atoms with Crippen LogP contribution in [0.4, 0.5) is 14.5 Å². The van der Waals surface area contributed by atoms with Gasteiger partial charge in [0.15, 0.2) is 11.3 Å². The van der Waals surface area contributed by atoms with Crippen LogP contribution in [0.15, 0.2) is 82.2 Å². The molecule has 46 heavy (non-hydrogen) atoms. The minimum atomic E-state index is -0.750. The smallest absolute Gasteiger partial charge is 0.198 e. The van der Waals surface area contributed by atoms with Gasteiger partial charge in [0, 0.05) is 31.2 Å². The number of aliphatic imine (C=N–C) groups is 1. The van der Waals surface area contributed by atoms with Gasteiger partial charge in [-0.25, -0.2) is 13.8 Å². The van der Waals surface area contributed by atoms with Gasteiger partial charge in [-0.2, -0.15) is 0 Å². The van der Waals surface area contributed by atoms with E-state index in [1.165, 1.54) is 25.3 Å². The molecule has 0 bridgehead atoms. The molecule has 1 fully saturated rings. The van der Waals surface area contributed by atoms with Crippen LogP contribution in [0, 0.1) is 11.6 Å². The molecule has 9 heteroatoms. The highest BCUT2D eigenvalue weighted by Crippen LogP contribution is 2.32. The number of ether oxygens (including phenoxy) is 3. The largest absolute Gasteiger partial charge is 0.497 e. The molecule has 0 saturated carbocycles. The van der Waals surface area contributed by atoms with E-state index >= 15 is 4.39 Å². The lowest BCUT2D eigenvalue weighted by Crippen LogP contribution is -2.36. The summed E-state index contributed by atoms with van der Waals surface area (Å²) < 4.78 is 48.2. The van der Waals surface area contributed by atoms with Gasteiger partial charge in [-0.3, -0.25) is 4.79 Å². The maximum atomic E-state index is 15.8. The Morgan fingerprint density at radius 2 is 1.67 bits per heavy atom. The lowest BCUT2D eigenvalue weighted by atomic mass is 9.84. The lowest BCUT2D eigenvalue weighted by Gasteiger charge is -2.29. The second-order valence-electron chi connectivity index (χ2n) is 12.0. The van der Waals surface area contributed by atoms with Gasteiger partial charge in [0.1, 0.15) is 17.4 Å². The van der Waals surface area contributed by atoms with E-state index in [4.69, 9.17) is 19.2 Å². The van der Waals surface area contributed by atoms with E-state index in [9.17, 15) is 9.18 Å². The average molecular weight is 630 g/mol. The third-order valence-electron chi connectivity index (χ3n) is 8.71. The summed E-state index contributed by atoms with van der Waals surface area (Å²) in [6.07, 6.45) is 2.43. The van der Waals surface area contributed by atoms with Crippen molar-refractivity contribution in [3.63, 3.8) is 0 Å². The van der Waals surface area contributed by atoms with E-state index in [1.54, 1.807) is 25.3 Å². The summed E-state index contributed by atoms with van der Waals surface area (Å²) in [5.74, 6) is 0.295. The van der Waals surface area contributed by atoms with Crippen molar-refractivity contribution in [2.24, 2.45) is 4.99 Å². The maximum Gasteiger partial charge on any atom is 0.198 e. The molecule has 7 nitrogen and oxygen atoms in total. The van der Waals surface area contributed by atoms with Crippen molar-refractivity contribution in [3.8, 4) is 5.75 Å². The molecule has 4 aromatic rings. The normalized spacial score (nSPS) is 14.8. The third kappa shape index (κ3) is 6.70. The Morgan fingerprint density at radius 3 is 2.28 bits per heavy atom. The van der Waals surface area contributed by atoms with Gasteiger partial charge >= 0.3 is 0 Å². The Kier molecular flexibility index (Phi) is 9.91. The molecule has 1 saturated heterocycles. The number of anilines is 1. The van der Waals surface area contributed by atoms with Crippen molar-refractivity contribution < 1.29 is 23.0 Å². The summed E-state index contributed by atoms with van der Waals surface area (Å²) in [4.78, 5) is 21.3. The molecular weight excluding hydrogens is 588 g/mol. The Labute approximate surface area is 268 Å². The average Bonchev–Trinajstić information content (AvgIpc) is 3.07.